The van der Waals surface area contributed by atoms with Gasteiger partial charge in [-0.3, -0.25) is 14.1 Å². The quantitative estimate of drug-likeness (QED) is 0.494. The average Bonchev–Trinajstić information content (AvgIpc) is 3.29. The van der Waals surface area contributed by atoms with E-state index in [9.17, 15) is 26.4 Å². The largest absolute Gasteiger partial charge is 0.495 e. The molecule has 0 radical (unpaired) electrons. The van der Waals surface area contributed by atoms with Crippen molar-refractivity contribution in [3.05, 3.63) is 70.4 Å². The number of aromatic nitrogens is 2. The van der Waals surface area contributed by atoms with E-state index < -0.39 is 22.1 Å². The molecule has 3 aromatic rings. The molecule has 2 aliphatic rings. The molecule has 12 heteroatoms. The van der Waals surface area contributed by atoms with Gasteiger partial charge in [0.15, 0.2) is 5.82 Å². The lowest BCUT2D eigenvalue weighted by Crippen LogP contribution is -2.37. The number of hydrogen-bond donors (Lipinski definition) is 1. The minimum absolute atomic E-state index is 0.0285. The summed E-state index contributed by atoms with van der Waals surface area (Å²) < 4.78 is 78.2. The van der Waals surface area contributed by atoms with Crippen LogP contribution in [0.3, 0.4) is 0 Å². The van der Waals surface area contributed by atoms with E-state index in [0.29, 0.717) is 35.2 Å². The number of hydrogen-bond acceptors (Lipinski definition) is 6. The van der Waals surface area contributed by atoms with Crippen LogP contribution in [0, 0.1) is 11.8 Å². The summed E-state index contributed by atoms with van der Waals surface area (Å²) in [6.45, 7) is 0. The van der Waals surface area contributed by atoms with Crippen molar-refractivity contribution in [3.8, 4) is 0 Å². The third-order valence-corrected chi connectivity index (χ3v) is 8.07. The summed E-state index contributed by atoms with van der Waals surface area (Å²) in [7, 11) is -2.50. The van der Waals surface area contributed by atoms with Gasteiger partial charge in [-0.15, -0.1) is 0 Å². The zero-order chi connectivity index (χ0) is 25.7. The maximum absolute atomic E-state index is 12.9. The van der Waals surface area contributed by atoms with Crippen molar-refractivity contribution < 1.29 is 30.8 Å². The highest BCUT2D eigenvalue weighted by molar-refractivity contribution is 7.92. The molecular weight excluding hydrogens is 499 g/mol. The minimum Gasteiger partial charge on any atom is -0.495 e. The molecule has 1 N–H and O–H groups in total. The fourth-order valence-corrected chi connectivity index (χ4v) is 5.78. The number of allylic oxidation sites excluding steroid dienone is 3. The monoisotopic (exact) mass is 521 g/mol. The van der Waals surface area contributed by atoms with Gasteiger partial charge in [0.25, 0.3) is 15.6 Å². The predicted molar refractivity (Wildman–Crippen MR) is 125 cm³/mol. The molecule has 190 valence electrons. The van der Waals surface area contributed by atoms with Crippen molar-refractivity contribution in [2.45, 2.75) is 36.8 Å². The third-order valence-electron chi connectivity index (χ3n) is 6.72. The van der Waals surface area contributed by atoms with Gasteiger partial charge < -0.3 is 9.26 Å². The molecule has 1 saturated carbocycles. The summed E-state index contributed by atoms with van der Waals surface area (Å²) in [5, 5.41) is 4.05. The van der Waals surface area contributed by atoms with E-state index in [-0.39, 0.29) is 35.0 Å². The highest BCUT2D eigenvalue weighted by Gasteiger charge is 2.48. The second-order valence-corrected chi connectivity index (χ2v) is 10.5. The first kappa shape index (κ1) is 24.2. The van der Waals surface area contributed by atoms with Crippen LogP contribution in [0.25, 0.3) is 16.6 Å². The van der Waals surface area contributed by atoms with Crippen LogP contribution in [0.1, 0.15) is 25.7 Å². The van der Waals surface area contributed by atoms with Gasteiger partial charge in [0.05, 0.1) is 29.1 Å². The summed E-state index contributed by atoms with van der Waals surface area (Å²) >= 11 is 0. The van der Waals surface area contributed by atoms with Crippen molar-refractivity contribution in [2.24, 2.45) is 11.8 Å². The molecule has 0 unspecified atom stereocenters. The van der Waals surface area contributed by atoms with Gasteiger partial charge in [0.2, 0.25) is 0 Å². The second-order valence-electron chi connectivity index (χ2n) is 8.86. The molecule has 36 heavy (non-hydrogen) atoms. The number of rotatable bonds is 6. The second kappa shape index (κ2) is 8.84. The van der Waals surface area contributed by atoms with Gasteiger partial charge in [-0.25, -0.2) is 8.42 Å². The smallest absolute Gasteiger partial charge is 0.391 e. The van der Waals surface area contributed by atoms with Crippen LogP contribution in [0.5, 0.6) is 0 Å². The number of nitrogens with zero attached hydrogens (tertiary/aromatic N) is 2. The summed E-state index contributed by atoms with van der Waals surface area (Å²) in [4.78, 5) is 12.9. The first-order valence-electron chi connectivity index (χ1n) is 11.2. The van der Waals surface area contributed by atoms with Crippen LogP contribution in [-0.2, 0) is 14.8 Å². The lowest BCUT2D eigenvalue weighted by Gasteiger charge is -2.39. The van der Waals surface area contributed by atoms with E-state index in [0.717, 1.165) is 5.57 Å². The van der Waals surface area contributed by atoms with Crippen molar-refractivity contribution in [1.82, 2.24) is 9.72 Å². The number of alkyl halides is 3. The van der Waals surface area contributed by atoms with E-state index >= 15 is 0 Å². The van der Waals surface area contributed by atoms with Gasteiger partial charge in [0.1, 0.15) is 12.0 Å². The fraction of sp³-hybridized carbons (Fsp3) is 0.333. The molecule has 1 aromatic carbocycles. The maximum Gasteiger partial charge on any atom is 0.391 e. The first-order chi connectivity index (χ1) is 17.1. The van der Waals surface area contributed by atoms with Gasteiger partial charge in [-0.1, -0.05) is 10.7 Å². The number of nitrogens with one attached hydrogen (secondary N) is 1. The third kappa shape index (κ3) is 4.41. The highest BCUT2D eigenvalue weighted by Crippen LogP contribution is 2.49. The molecule has 0 spiro atoms. The number of benzene rings is 1. The Hall–Kier alpha value is -3.54. The molecule has 0 aliphatic heterocycles. The average molecular weight is 522 g/mol. The molecule has 2 aromatic heterocycles. The van der Waals surface area contributed by atoms with Gasteiger partial charge in [0, 0.05) is 17.5 Å². The Morgan fingerprint density at radius 3 is 2.58 bits per heavy atom. The SMILES string of the molecule is COC1=C(n2c(=O)ccc3cc(S(=O)(=O)Nc4ccon4)ccc32)CCC(C2CC(C(F)(F)F)C2)=C1. The fourth-order valence-electron chi connectivity index (χ4n) is 4.75. The Morgan fingerprint density at radius 2 is 1.92 bits per heavy atom. The van der Waals surface area contributed by atoms with Crippen LogP contribution in [-0.4, -0.2) is 31.4 Å². The summed E-state index contributed by atoms with van der Waals surface area (Å²) in [6, 6.07) is 8.59. The van der Waals surface area contributed by atoms with Gasteiger partial charge in [-0.2, -0.15) is 13.2 Å². The summed E-state index contributed by atoms with van der Waals surface area (Å²) in [5.74, 6) is -0.985. The summed E-state index contributed by atoms with van der Waals surface area (Å²) in [6.07, 6.45) is -0.165. The normalized spacial score (nSPS) is 20.7. The minimum atomic E-state index is -4.18. The topological polar surface area (TPSA) is 103 Å². The van der Waals surface area contributed by atoms with Crippen molar-refractivity contribution in [2.75, 3.05) is 11.8 Å². The number of fused-ring (bicyclic) bond motifs is 1. The van der Waals surface area contributed by atoms with Crippen LogP contribution in [0.4, 0.5) is 19.0 Å². The van der Waals surface area contributed by atoms with Crippen molar-refractivity contribution in [1.29, 1.82) is 0 Å². The molecule has 8 nitrogen and oxygen atoms in total. The Labute approximate surface area is 204 Å². The van der Waals surface area contributed by atoms with Crippen LogP contribution < -0.4 is 10.3 Å². The molecule has 2 aliphatic carbocycles. The van der Waals surface area contributed by atoms with E-state index in [2.05, 4.69) is 14.4 Å². The number of anilines is 1. The van der Waals surface area contributed by atoms with E-state index in [1.54, 1.807) is 6.08 Å². The number of methoxy groups -OCH3 is 1. The Bertz CT molecular complexity index is 1530. The van der Waals surface area contributed by atoms with Gasteiger partial charge in [-0.05, 0) is 61.9 Å². The molecular formula is C24H22F3N3O5S. The van der Waals surface area contributed by atoms with Crippen LogP contribution >= 0.6 is 0 Å². The van der Waals surface area contributed by atoms with Crippen LogP contribution in [0.2, 0.25) is 0 Å². The molecule has 0 atom stereocenters. The first-order valence-corrected chi connectivity index (χ1v) is 12.7. The lowest BCUT2D eigenvalue weighted by atomic mass is 9.69. The maximum atomic E-state index is 12.9. The zero-order valence-corrected chi connectivity index (χ0v) is 19.9. The highest BCUT2D eigenvalue weighted by atomic mass is 32.2. The zero-order valence-electron chi connectivity index (χ0n) is 19.1. The molecule has 0 bridgehead atoms. The Kier molecular flexibility index (Phi) is 5.93. The molecule has 5 rings (SSSR count). The molecule has 1 fully saturated rings. The van der Waals surface area contributed by atoms with Crippen LogP contribution in [0.15, 0.2) is 74.3 Å². The standard InChI is InChI=1S/C24H22F3N3O5S/c1-34-21-13-14(16-10-17(11-16)24(25,26)27)2-5-20(21)30-19-6-4-18(12-15(19)3-7-23(30)31)36(32,33)29-22-8-9-35-28-22/h3-4,6-9,12-13,16-17H,2,5,10-11H2,1H3,(H,28,29). The van der Waals surface area contributed by atoms with E-state index in [1.165, 1.54) is 54.3 Å². The summed E-state index contributed by atoms with van der Waals surface area (Å²) in [5.41, 5.74) is 1.60. The lowest BCUT2D eigenvalue weighted by molar-refractivity contribution is -0.201. The van der Waals surface area contributed by atoms with Gasteiger partial charge >= 0.3 is 6.18 Å². The predicted octanol–water partition coefficient (Wildman–Crippen LogP) is 4.91. The van der Waals surface area contributed by atoms with Crippen molar-refractivity contribution >= 4 is 32.4 Å². The number of ether oxygens (including phenoxy) is 1. The number of pyridine rings is 1. The number of sulfonamides is 1. The Morgan fingerprint density at radius 1 is 1.14 bits per heavy atom. The molecule has 0 amide bonds. The van der Waals surface area contributed by atoms with E-state index in [4.69, 9.17) is 4.74 Å². The van der Waals surface area contributed by atoms with E-state index in [1.807, 2.05) is 0 Å². The molecule has 2 heterocycles. The number of halogens is 3. The molecule has 0 saturated heterocycles. The van der Waals surface area contributed by atoms with Crippen molar-refractivity contribution in [3.63, 3.8) is 0 Å². The Balaban J connectivity index is 1.50.